The molecular weight excluding hydrogens is 380 g/mol. The Hall–Kier alpha value is -2.36. The first-order chi connectivity index (χ1) is 12.3. The van der Waals surface area contributed by atoms with Gasteiger partial charge in [-0.15, -0.1) is 0 Å². The van der Waals surface area contributed by atoms with Crippen LogP contribution < -0.4 is 14.9 Å². The van der Waals surface area contributed by atoms with Gasteiger partial charge in [-0.1, -0.05) is 17.7 Å². The third kappa shape index (κ3) is 3.90. The van der Waals surface area contributed by atoms with Crippen LogP contribution in [0.15, 0.2) is 47.4 Å². The third-order valence-electron chi connectivity index (χ3n) is 4.25. The monoisotopic (exact) mass is 396 g/mol. The molecule has 0 atom stereocenters. The number of rotatable bonds is 4. The van der Waals surface area contributed by atoms with E-state index in [0.717, 1.165) is 11.8 Å². The molecule has 1 fully saturated rings. The number of nitro groups is 1. The number of benzene rings is 2. The number of sulfonamides is 1. The maximum absolute atomic E-state index is 11.9. The summed E-state index contributed by atoms with van der Waals surface area (Å²) in [5, 5.41) is 16.8. The van der Waals surface area contributed by atoms with Crippen molar-refractivity contribution in [2.45, 2.75) is 4.90 Å². The van der Waals surface area contributed by atoms with Gasteiger partial charge in [0.1, 0.15) is 4.90 Å². The molecular formula is C16H17ClN4O4S. The summed E-state index contributed by atoms with van der Waals surface area (Å²) in [7, 11) is -4.09. The zero-order chi connectivity index (χ0) is 18.9. The van der Waals surface area contributed by atoms with Crippen LogP contribution in [-0.2, 0) is 10.0 Å². The Bertz CT molecular complexity index is 943. The van der Waals surface area contributed by atoms with Crippen LogP contribution in [0.1, 0.15) is 0 Å². The van der Waals surface area contributed by atoms with E-state index < -0.39 is 14.9 Å². The lowest BCUT2D eigenvalue weighted by Crippen LogP contribution is -2.47. The van der Waals surface area contributed by atoms with Crippen molar-refractivity contribution >= 4 is 38.7 Å². The number of halogens is 1. The van der Waals surface area contributed by atoms with Gasteiger partial charge < -0.3 is 9.80 Å². The fraction of sp³-hybridized carbons (Fsp3) is 0.250. The molecule has 1 saturated heterocycles. The minimum Gasteiger partial charge on any atom is -0.368 e. The number of nitrogens with two attached hydrogens (primary N) is 1. The Kier molecular flexibility index (Phi) is 5.03. The van der Waals surface area contributed by atoms with E-state index in [9.17, 15) is 18.5 Å². The maximum Gasteiger partial charge on any atom is 0.270 e. The van der Waals surface area contributed by atoms with Gasteiger partial charge in [0.05, 0.1) is 10.6 Å². The molecule has 1 heterocycles. The molecule has 0 spiro atoms. The zero-order valence-corrected chi connectivity index (χ0v) is 15.3. The number of primary sulfonamides is 1. The Morgan fingerprint density at radius 2 is 1.69 bits per heavy atom. The van der Waals surface area contributed by atoms with Crippen molar-refractivity contribution in [2.24, 2.45) is 5.14 Å². The second-order valence-electron chi connectivity index (χ2n) is 5.91. The van der Waals surface area contributed by atoms with Crippen molar-refractivity contribution in [3.8, 4) is 0 Å². The minimum atomic E-state index is -4.09. The average Bonchev–Trinajstić information content (AvgIpc) is 2.60. The first kappa shape index (κ1) is 18.4. The highest BCUT2D eigenvalue weighted by Gasteiger charge is 2.25. The fourth-order valence-corrected chi connectivity index (χ4v) is 3.94. The summed E-state index contributed by atoms with van der Waals surface area (Å²) in [6.45, 7) is 2.41. The van der Waals surface area contributed by atoms with Gasteiger partial charge in [-0.3, -0.25) is 10.1 Å². The van der Waals surface area contributed by atoms with Gasteiger partial charge >= 0.3 is 0 Å². The van der Waals surface area contributed by atoms with Crippen LogP contribution >= 0.6 is 11.6 Å². The van der Waals surface area contributed by atoms with Crippen molar-refractivity contribution in [1.82, 2.24) is 0 Å². The Morgan fingerprint density at radius 1 is 1.04 bits per heavy atom. The largest absolute Gasteiger partial charge is 0.368 e. The quantitative estimate of drug-likeness (QED) is 0.626. The highest BCUT2D eigenvalue weighted by molar-refractivity contribution is 7.89. The molecule has 1 aliphatic rings. The topological polar surface area (TPSA) is 110 Å². The molecule has 2 aromatic carbocycles. The summed E-state index contributed by atoms with van der Waals surface area (Å²) in [4.78, 5) is 14.1. The third-order valence-corrected chi connectivity index (χ3v) is 5.43. The van der Waals surface area contributed by atoms with Crippen LogP contribution in [-0.4, -0.2) is 39.5 Å². The molecule has 0 bridgehead atoms. The molecule has 8 nitrogen and oxygen atoms in total. The molecule has 0 amide bonds. The molecule has 0 saturated carbocycles. The van der Waals surface area contributed by atoms with E-state index in [1.807, 2.05) is 23.1 Å². The highest BCUT2D eigenvalue weighted by Crippen LogP contribution is 2.30. The van der Waals surface area contributed by atoms with Crippen molar-refractivity contribution in [2.75, 3.05) is 36.0 Å². The van der Waals surface area contributed by atoms with Crippen molar-refractivity contribution in [3.63, 3.8) is 0 Å². The molecule has 3 rings (SSSR count). The molecule has 1 aliphatic heterocycles. The summed E-state index contributed by atoms with van der Waals surface area (Å²) in [6, 6.07) is 11.2. The normalized spacial score (nSPS) is 15.2. The summed E-state index contributed by atoms with van der Waals surface area (Å²) < 4.78 is 23.8. The Morgan fingerprint density at radius 3 is 2.27 bits per heavy atom. The first-order valence-electron chi connectivity index (χ1n) is 7.82. The summed E-state index contributed by atoms with van der Waals surface area (Å²) in [6.07, 6.45) is 0. The highest BCUT2D eigenvalue weighted by atomic mass is 35.5. The first-order valence-corrected chi connectivity index (χ1v) is 9.75. The van der Waals surface area contributed by atoms with E-state index in [4.69, 9.17) is 16.7 Å². The van der Waals surface area contributed by atoms with E-state index in [1.54, 1.807) is 6.07 Å². The number of non-ortho nitro benzene ring substituents is 1. The molecule has 10 heteroatoms. The van der Waals surface area contributed by atoms with Crippen LogP contribution in [0.3, 0.4) is 0 Å². The fourth-order valence-electron chi connectivity index (χ4n) is 2.98. The molecule has 0 radical (unpaired) electrons. The van der Waals surface area contributed by atoms with Crippen LogP contribution in [0.4, 0.5) is 17.1 Å². The molecule has 2 N–H and O–H groups in total. The standard InChI is InChI=1S/C16H17ClN4O4S/c17-12-2-1-3-13(10-12)19-6-8-20(9-7-19)15-5-4-14(21(22)23)11-16(15)26(18,24)25/h1-5,10-11H,6-9H2,(H2,18,24,25). The number of anilines is 2. The molecule has 0 unspecified atom stereocenters. The van der Waals surface area contributed by atoms with Gasteiger partial charge in [-0.05, 0) is 24.3 Å². The lowest BCUT2D eigenvalue weighted by Gasteiger charge is -2.38. The van der Waals surface area contributed by atoms with Crippen molar-refractivity contribution < 1.29 is 13.3 Å². The summed E-state index contributed by atoms with van der Waals surface area (Å²) in [5.74, 6) is 0. The van der Waals surface area contributed by atoms with Crippen LogP contribution in [0.2, 0.25) is 5.02 Å². The smallest absolute Gasteiger partial charge is 0.270 e. The predicted octanol–water partition coefficient (Wildman–Crippen LogP) is 2.22. The molecule has 2 aromatic rings. The number of nitrogens with zero attached hydrogens (tertiary/aromatic N) is 3. The van der Waals surface area contributed by atoms with Crippen molar-refractivity contribution in [3.05, 3.63) is 57.6 Å². The molecule has 0 aromatic heterocycles. The molecule has 26 heavy (non-hydrogen) atoms. The lowest BCUT2D eigenvalue weighted by molar-refractivity contribution is -0.385. The number of hydrogen-bond acceptors (Lipinski definition) is 6. The number of hydrogen-bond donors (Lipinski definition) is 1. The lowest BCUT2D eigenvalue weighted by atomic mass is 10.2. The Labute approximate surface area is 156 Å². The van der Waals surface area contributed by atoms with Gasteiger partial charge in [0.25, 0.3) is 5.69 Å². The zero-order valence-electron chi connectivity index (χ0n) is 13.7. The van der Waals surface area contributed by atoms with E-state index in [1.165, 1.54) is 12.1 Å². The van der Waals surface area contributed by atoms with Gasteiger partial charge in [0, 0.05) is 49.0 Å². The average molecular weight is 397 g/mol. The van der Waals surface area contributed by atoms with Crippen molar-refractivity contribution in [1.29, 1.82) is 0 Å². The van der Waals surface area contributed by atoms with E-state index in [2.05, 4.69) is 4.90 Å². The SMILES string of the molecule is NS(=O)(=O)c1cc([N+](=O)[O-])ccc1N1CCN(c2cccc(Cl)c2)CC1. The van der Waals surface area contributed by atoms with Gasteiger partial charge in [0.15, 0.2) is 0 Å². The summed E-state index contributed by atoms with van der Waals surface area (Å²) in [5.41, 5.74) is 1.06. The Balaban J connectivity index is 1.84. The van der Waals surface area contributed by atoms with Gasteiger partial charge in [-0.2, -0.15) is 0 Å². The molecule has 0 aliphatic carbocycles. The maximum atomic E-state index is 11.9. The number of piperazine rings is 1. The van der Waals surface area contributed by atoms with Gasteiger partial charge in [-0.25, -0.2) is 13.6 Å². The van der Waals surface area contributed by atoms with Crippen LogP contribution in [0.5, 0.6) is 0 Å². The minimum absolute atomic E-state index is 0.233. The van der Waals surface area contributed by atoms with Gasteiger partial charge in [0.2, 0.25) is 10.0 Å². The van der Waals surface area contributed by atoms with E-state index in [-0.39, 0.29) is 10.6 Å². The summed E-state index contributed by atoms with van der Waals surface area (Å²) >= 11 is 6.03. The second kappa shape index (κ2) is 7.10. The van der Waals surface area contributed by atoms with Crippen LogP contribution in [0.25, 0.3) is 0 Å². The van der Waals surface area contributed by atoms with E-state index in [0.29, 0.717) is 36.9 Å². The van der Waals surface area contributed by atoms with Crippen LogP contribution in [0, 0.1) is 10.1 Å². The number of nitro benzene ring substituents is 1. The second-order valence-corrected chi connectivity index (χ2v) is 7.87. The predicted molar refractivity (Wildman–Crippen MR) is 100 cm³/mol. The van der Waals surface area contributed by atoms with E-state index >= 15 is 0 Å². The molecule has 138 valence electrons.